The van der Waals surface area contributed by atoms with Crippen molar-refractivity contribution in [1.82, 2.24) is 4.98 Å². The average Bonchev–Trinajstić information content (AvgIpc) is 3.11. The fraction of sp³-hybridized carbons (Fsp3) is 0.125. The molecule has 0 aromatic carbocycles. The minimum absolute atomic E-state index is 0.569. The Kier molecular flexibility index (Phi) is 3.74. The van der Waals surface area contributed by atoms with Crippen molar-refractivity contribution in [1.29, 1.82) is 5.26 Å². The Labute approximate surface area is 131 Å². The van der Waals surface area contributed by atoms with Gasteiger partial charge in [0.2, 0.25) is 0 Å². The summed E-state index contributed by atoms with van der Waals surface area (Å²) in [5.41, 5.74) is 10.0. The van der Waals surface area contributed by atoms with Gasteiger partial charge in [-0.05, 0) is 41.1 Å². The number of nitrogens with zero attached hydrogens (tertiary/aromatic N) is 2. The molecule has 0 unspecified atom stereocenters. The Morgan fingerprint density at radius 1 is 1.24 bits per heavy atom. The fourth-order valence-corrected chi connectivity index (χ4v) is 4.53. The summed E-state index contributed by atoms with van der Waals surface area (Å²) in [6, 6.07) is 8.21. The van der Waals surface area contributed by atoms with Crippen molar-refractivity contribution in [2.75, 3.05) is 5.73 Å². The number of nitriles is 1. The van der Waals surface area contributed by atoms with Crippen LogP contribution in [0.15, 0.2) is 36.0 Å². The van der Waals surface area contributed by atoms with E-state index in [9.17, 15) is 5.26 Å². The predicted molar refractivity (Wildman–Crippen MR) is 89.4 cm³/mol. The molecule has 0 fully saturated rings. The second kappa shape index (κ2) is 5.68. The molecule has 0 atom stereocenters. The minimum atomic E-state index is 0.569. The summed E-state index contributed by atoms with van der Waals surface area (Å²) in [4.78, 5) is 6.93. The molecule has 3 rings (SSSR count). The van der Waals surface area contributed by atoms with Crippen molar-refractivity contribution in [2.24, 2.45) is 0 Å². The van der Waals surface area contributed by atoms with Gasteiger partial charge in [-0.2, -0.15) is 5.26 Å². The third-order valence-corrected chi connectivity index (χ3v) is 5.58. The number of anilines is 1. The number of aromatic nitrogens is 1. The Morgan fingerprint density at radius 3 is 2.67 bits per heavy atom. The number of rotatable bonds is 3. The van der Waals surface area contributed by atoms with E-state index in [2.05, 4.69) is 29.4 Å². The van der Waals surface area contributed by atoms with Crippen LogP contribution in [-0.4, -0.2) is 4.98 Å². The third kappa shape index (κ3) is 2.33. The fourth-order valence-electron chi connectivity index (χ4n) is 2.31. The molecule has 5 heteroatoms. The molecular weight excluding hydrogens is 298 g/mol. The first-order valence-electron chi connectivity index (χ1n) is 6.55. The highest BCUT2D eigenvalue weighted by Crippen LogP contribution is 2.47. The first-order chi connectivity index (χ1) is 10.3. The molecule has 0 spiro atoms. The molecule has 3 heterocycles. The number of thiophene rings is 2. The summed E-state index contributed by atoms with van der Waals surface area (Å²) < 4.78 is 0. The lowest BCUT2D eigenvalue weighted by Gasteiger charge is -2.05. The summed E-state index contributed by atoms with van der Waals surface area (Å²) in [6.07, 6.45) is 4.46. The molecule has 0 aliphatic rings. The van der Waals surface area contributed by atoms with E-state index in [0.717, 1.165) is 22.4 Å². The Balaban J connectivity index is 2.29. The smallest absolute Gasteiger partial charge is 0.129 e. The molecule has 0 aliphatic heterocycles. The zero-order valence-electron chi connectivity index (χ0n) is 11.5. The van der Waals surface area contributed by atoms with Crippen LogP contribution in [0, 0.1) is 11.3 Å². The van der Waals surface area contributed by atoms with Crippen molar-refractivity contribution in [3.8, 4) is 27.0 Å². The van der Waals surface area contributed by atoms with Gasteiger partial charge in [-0.1, -0.05) is 6.92 Å². The lowest BCUT2D eigenvalue weighted by molar-refractivity contribution is 1.16. The van der Waals surface area contributed by atoms with E-state index in [1.807, 2.05) is 12.1 Å². The summed E-state index contributed by atoms with van der Waals surface area (Å²) in [5.74, 6) is 0. The number of nitrogen functional groups attached to an aromatic ring is 1. The van der Waals surface area contributed by atoms with Gasteiger partial charge in [0.05, 0.1) is 10.6 Å². The molecule has 0 amide bonds. The molecule has 104 valence electrons. The van der Waals surface area contributed by atoms with E-state index in [1.165, 1.54) is 21.8 Å². The number of pyridine rings is 1. The number of aryl methyl sites for hydroxylation is 1. The van der Waals surface area contributed by atoms with Crippen molar-refractivity contribution >= 4 is 28.4 Å². The Bertz CT molecular complexity index is 810. The normalized spacial score (nSPS) is 10.5. The van der Waals surface area contributed by atoms with Gasteiger partial charge >= 0.3 is 0 Å². The standard InChI is InChI=1S/C16H13N3S2/c1-2-10-5-8-20-15(10)16-13(11-3-6-19-7-4-11)14(18)12(9-17)21-16/h3-8H,2,18H2,1H3. The molecule has 0 saturated carbocycles. The van der Waals surface area contributed by atoms with Crippen LogP contribution in [0.1, 0.15) is 17.4 Å². The highest BCUT2D eigenvalue weighted by molar-refractivity contribution is 7.22. The van der Waals surface area contributed by atoms with Crippen LogP contribution in [0.25, 0.3) is 20.9 Å². The maximum atomic E-state index is 9.30. The number of nitrogens with two attached hydrogens (primary N) is 1. The van der Waals surface area contributed by atoms with Crippen molar-refractivity contribution in [2.45, 2.75) is 13.3 Å². The molecule has 3 nitrogen and oxygen atoms in total. The SMILES string of the molecule is CCc1ccsc1-c1sc(C#N)c(N)c1-c1ccncc1. The lowest BCUT2D eigenvalue weighted by atomic mass is 10.0. The predicted octanol–water partition coefficient (Wildman–Crippen LogP) is 4.55. The monoisotopic (exact) mass is 311 g/mol. The van der Waals surface area contributed by atoms with Gasteiger partial charge < -0.3 is 5.73 Å². The van der Waals surface area contributed by atoms with E-state index < -0.39 is 0 Å². The van der Waals surface area contributed by atoms with Gasteiger partial charge in [-0.15, -0.1) is 22.7 Å². The number of hydrogen-bond donors (Lipinski definition) is 1. The van der Waals surface area contributed by atoms with E-state index in [-0.39, 0.29) is 0 Å². The second-order valence-corrected chi connectivity index (χ2v) is 6.46. The topological polar surface area (TPSA) is 62.7 Å². The van der Waals surface area contributed by atoms with Gasteiger partial charge in [0.25, 0.3) is 0 Å². The van der Waals surface area contributed by atoms with Crippen LogP contribution in [0.3, 0.4) is 0 Å². The molecule has 0 saturated heterocycles. The second-order valence-electron chi connectivity index (χ2n) is 4.53. The van der Waals surface area contributed by atoms with Gasteiger partial charge in [-0.25, -0.2) is 0 Å². The zero-order chi connectivity index (χ0) is 14.8. The van der Waals surface area contributed by atoms with Crippen molar-refractivity contribution < 1.29 is 0 Å². The largest absolute Gasteiger partial charge is 0.396 e. The first kappa shape index (κ1) is 13.8. The van der Waals surface area contributed by atoms with Crippen LogP contribution < -0.4 is 5.73 Å². The summed E-state index contributed by atoms with van der Waals surface area (Å²) in [6.45, 7) is 2.14. The molecule has 21 heavy (non-hydrogen) atoms. The van der Waals surface area contributed by atoms with Gasteiger partial charge in [-0.3, -0.25) is 4.98 Å². The Hall–Kier alpha value is -2.16. The van der Waals surface area contributed by atoms with Crippen LogP contribution in [0.2, 0.25) is 0 Å². The first-order valence-corrected chi connectivity index (χ1v) is 8.25. The average molecular weight is 311 g/mol. The van der Waals surface area contributed by atoms with Crippen LogP contribution >= 0.6 is 22.7 Å². The third-order valence-electron chi connectivity index (χ3n) is 3.35. The van der Waals surface area contributed by atoms with E-state index >= 15 is 0 Å². The summed E-state index contributed by atoms with van der Waals surface area (Å²) in [5, 5.41) is 11.4. The molecule has 2 N–H and O–H groups in total. The van der Waals surface area contributed by atoms with Crippen LogP contribution in [-0.2, 0) is 6.42 Å². The summed E-state index contributed by atoms with van der Waals surface area (Å²) in [7, 11) is 0. The van der Waals surface area contributed by atoms with E-state index in [0.29, 0.717) is 10.6 Å². The van der Waals surface area contributed by atoms with E-state index in [1.54, 1.807) is 23.7 Å². The zero-order valence-corrected chi connectivity index (χ0v) is 13.1. The molecule has 0 aliphatic carbocycles. The van der Waals surface area contributed by atoms with Crippen molar-refractivity contribution in [3.05, 3.63) is 46.4 Å². The van der Waals surface area contributed by atoms with Crippen molar-refractivity contribution in [3.63, 3.8) is 0 Å². The minimum Gasteiger partial charge on any atom is -0.396 e. The van der Waals surface area contributed by atoms with Gasteiger partial charge in [0.1, 0.15) is 10.9 Å². The number of hydrogen-bond acceptors (Lipinski definition) is 5. The molecule has 0 radical (unpaired) electrons. The molecular formula is C16H13N3S2. The van der Waals surface area contributed by atoms with Crippen LogP contribution in [0.5, 0.6) is 0 Å². The van der Waals surface area contributed by atoms with Gasteiger partial charge in [0.15, 0.2) is 0 Å². The highest BCUT2D eigenvalue weighted by Gasteiger charge is 2.21. The molecule has 0 bridgehead atoms. The maximum Gasteiger partial charge on any atom is 0.129 e. The van der Waals surface area contributed by atoms with Gasteiger partial charge in [0, 0.05) is 22.8 Å². The Morgan fingerprint density at radius 2 is 2.00 bits per heavy atom. The lowest BCUT2D eigenvalue weighted by Crippen LogP contribution is -1.90. The van der Waals surface area contributed by atoms with Crippen LogP contribution in [0.4, 0.5) is 5.69 Å². The molecule has 3 aromatic heterocycles. The van der Waals surface area contributed by atoms with E-state index in [4.69, 9.17) is 5.73 Å². The molecule has 3 aromatic rings. The highest BCUT2D eigenvalue weighted by atomic mass is 32.1. The maximum absolute atomic E-state index is 9.30. The quantitative estimate of drug-likeness (QED) is 0.771. The summed E-state index contributed by atoms with van der Waals surface area (Å²) >= 11 is 3.17.